The molecule has 107 heavy (non-hydrogen) atoms. The van der Waals surface area contributed by atoms with E-state index in [0.717, 1.165) is 46.5 Å². The average molecular weight is 1560 g/mol. The minimum Gasteiger partial charge on any atom is -0.756 e. The Morgan fingerprint density at radius 2 is 0.813 bits per heavy atom. The number of hydrogen-bond acceptors (Lipinski definition) is 16. The molecule has 0 atom stereocenters. The third-order valence-electron chi connectivity index (χ3n) is 17.0. The number of amides is 2. The van der Waals surface area contributed by atoms with Gasteiger partial charge >= 0.3 is 7.82 Å². The topological polar surface area (TPSA) is 248 Å². The predicted octanol–water partition coefficient (Wildman–Crippen LogP) is 20.1. The first kappa shape index (κ1) is 88.9. The molecule has 0 saturated heterocycles. The lowest BCUT2D eigenvalue weighted by Gasteiger charge is -2.39. The zero-order valence-electron chi connectivity index (χ0n) is 64.7. The summed E-state index contributed by atoms with van der Waals surface area (Å²) in [5.74, 6) is -4.85. The van der Waals surface area contributed by atoms with Crippen molar-refractivity contribution in [3.05, 3.63) is 177 Å². The molecule has 0 spiro atoms. The maximum atomic E-state index is 14.7. The Morgan fingerprint density at radius 3 is 1.13 bits per heavy atom. The second kappa shape index (κ2) is 38.1. The zero-order chi connectivity index (χ0) is 78.3. The fraction of sp³-hybridized carbons (Fsp3) is 0.475. The summed E-state index contributed by atoms with van der Waals surface area (Å²) in [7, 11) is -8.35. The molecule has 6 aromatic carbocycles. The average Bonchev–Trinajstić information content (AvgIpc) is 1.76. The monoisotopic (exact) mass is 1560 g/mol. The first-order chi connectivity index (χ1) is 49.6. The highest BCUT2D eigenvalue weighted by molar-refractivity contribution is 7.48. The molecule has 0 aliphatic carbocycles. The van der Waals surface area contributed by atoms with Gasteiger partial charge in [0.05, 0.1) is 66.2 Å². The van der Waals surface area contributed by atoms with Crippen LogP contribution in [0.15, 0.2) is 109 Å². The van der Waals surface area contributed by atoms with E-state index < -0.39 is 67.9 Å². The largest absolute Gasteiger partial charge is 0.756 e. The molecule has 2 aliphatic rings. The molecule has 4 heterocycles. The summed E-state index contributed by atoms with van der Waals surface area (Å²) in [6.07, 6.45) is 11.1. The second-order valence-corrected chi connectivity index (χ2v) is 33.8. The van der Waals surface area contributed by atoms with Gasteiger partial charge in [-0.3, -0.25) is 27.7 Å². The van der Waals surface area contributed by atoms with Crippen molar-refractivity contribution in [2.45, 2.75) is 223 Å². The quantitative estimate of drug-likeness (QED) is 0.0247. The molecule has 0 bridgehead atoms. The molecule has 584 valence electrons. The normalized spacial score (nSPS) is 13.3. The number of hydrogen-bond donors (Lipinski definition) is 2. The van der Waals surface area contributed by atoms with Gasteiger partial charge in [-0.25, -0.2) is 42.1 Å². The molecule has 4 N–H and O–H groups in total. The van der Waals surface area contributed by atoms with E-state index in [1.165, 1.54) is 82.0 Å². The Balaban J connectivity index is 0.000000248. The molecule has 0 unspecified atom stereocenters. The van der Waals surface area contributed by atoms with E-state index in [1.807, 2.05) is 48.5 Å². The number of phosphoric acid groups is 2. The van der Waals surface area contributed by atoms with Crippen LogP contribution in [-0.2, 0) is 70.4 Å². The number of quaternary nitrogens is 1. The van der Waals surface area contributed by atoms with Gasteiger partial charge in [-0.2, -0.15) is 0 Å². The van der Waals surface area contributed by atoms with E-state index in [0.29, 0.717) is 70.2 Å². The van der Waals surface area contributed by atoms with E-state index >= 15 is 0 Å². The van der Waals surface area contributed by atoms with Crippen LogP contribution >= 0.6 is 39.7 Å². The number of nitrogens with two attached hydrogens (primary N) is 2. The molecule has 19 nitrogen and oxygen atoms in total. The molecule has 27 heteroatoms. The first-order valence-corrected chi connectivity index (χ1v) is 39.7. The Hall–Kier alpha value is -6.98. The number of anilines is 2. The highest BCUT2D eigenvalue weighted by Crippen LogP contribution is 2.56. The minimum atomic E-state index is -4.19. The first-order valence-electron chi connectivity index (χ1n) is 36.2. The number of unbranched alkanes of at least 4 members (excludes halogenated alkanes) is 4. The summed E-state index contributed by atoms with van der Waals surface area (Å²) in [6.45, 7) is 36.5. The predicted molar refractivity (Wildman–Crippen MR) is 418 cm³/mol. The summed E-state index contributed by atoms with van der Waals surface area (Å²) >= 11 is 5.97. The molecule has 2 aliphatic heterocycles. The third kappa shape index (κ3) is 26.1. The summed E-state index contributed by atoms with van der Waals surface area (Å²) < 4.78 is 110. The summed E-state index contributed by atoms with van der Waals surface area (Å²) in [5.41, 5.74) is 16.2. The number of carbonyl (C=O) groups excluding carboxylic acids is 2. The smallest absolute Gasteiger partial charge is 0.476 e. The van der Waals surface area contributed by atoms with Crippen molar-refractivity contribution in [3.63, 3.8) is 0 Å². The van der Waals surface area contributed by atoms with Gasteiger partial charge in [-0.05, 0) is 213 Å². The number of fused-ring (bicyclic) bond motifs is 4. The lowest BCUT2D eigenvalue weighted by Crippen LogP contribution is -2.50. The van der Waals surface area contributed by atoms with Gasteiger partial charge in [0.25, 0.3) is 19.6 Å². The number of benzene rings is 6. The number of rotatable bonds is 24. The van der Waals surface area contributed by atoms with Crippen molar-refractivity contribution in [3.8, 4) is 22.3 Å². The van der Waals surface area contributed by atoms with Crippen LogP contribution < -0.4 is 16.4 Å². The summed E-state index contributed by atoms with van der Waals surface area (Å²) in [6, 6.07) is 29.8. The molecule has 8 aromatic rings. The second-order valence-electron chi connectivity index (χ2n) is 30.8. The number of alkyl halides is 1. The van der Waals surface area contributed by atoms with Gasteiger partial charge in [0, 0.05) is 42.8 Å². The van der Waals surface area contributed by atoms with E-state index in [1.54, 1.807) is 129 Å². The highest BCUT2D eigenvalue weighted by atomic mass is 35.5. The van der Waals surface area contributed by atoms with Gasteiger partial charge in [-0.1, -0.05) is 114 Å². The lowest BCUT2D eigenvalue weighted by atomic mass is 9.97. The van der Waals surface area contributed by atoms with Crippen molar-refractivity contribution in [1.82, 2.24) is 29.7 Å². The zero-order valence-corrected chi connectivity index (χ0v) is 68.0. The third-order valence-corrected chi connectivity index (χ3v) is 20.8. The molecular weight excluding hydrogens is 1460 g/mol. The maximum Gasteiger partial charge on any atom is 0.476 e. The van der Waals surface area contributed by atoms with Gasteiger partial charge < -0.3 is 39.7 Å². The standard InChI is InChI=1S/C32H35F2N4O5P.C24H17ClF2N4O.C16H36N.C8H19O4P.ClH/c1-31(2,3)42-44(40,43-32(4,5)6)41-18-22-14-25(33)26(34)15-23(22)19-11-12-27-24(13-19)28(37-30(35)36-27)29(39)38-16-20-9-7-8-10-21(20)17-38;25-10-16-8-19(26)20(27)9-17(16)13-5-6-21-18(7-13)22(30-24(28)29-21)23(32)31-11-14-3-1-2-4-15(14)12-31;1-5-9-13-17(14-10-6-2,15-11-7-3)16-12-8-4;1-7(2,3)11-13(9,10)12-8(4,5)6;/h7-15H,16-18H2,1-6H3,(H2,35,36,37);1-9H,10-12H2,(H2,28,29,30);5-16H2,1-4H3;1-6H3,(H,9,10);1H/q;;+1;;/p-1. The lowest BCUT2D eigenvalue weighted by molar-refractivity contribution is -0.929. The SMILES string of the molecule is CC(C)(C)OP(=O)(OCc1cc(F)c(F)cc1-c1ccc2nc(N)nc(C(=O)N3Cc4ccccc4C3)c2c1)OC(C)(C)C.CC(C)(C)OP(=O)([O-])OC(C)(C)C.CCCC[N+](CCCC)(CCCC)CCCC.Cl.Nc1nc(C(=O)N2Cc3ccccc3C2)c2cc(-c3cc(F)c(F)cc3CCl)ccc2n1. The van der Waals surface area contributed by atoms with E-state index in [9.17, 15) is 41.2 Å². The van der Waals surface area contributed by atoms with Crippen LogP contribution in [0.4, 0.5) is 29.5 Å². The number of aromatic nitrogens is 4. The van der Waals surface area contributed by atoms with E-state index in [4.69, 9.17) is 45.7 Å². The number of carbonyl (C=O) groups is 2. The van der Waals surface area contributed by atoms with Crippen LogP contribution in [0.25, 0.3) is 44.1 Å². The fourth-order valence-electron chi connectivity index (χ4n) is 12.4. The molecule has 0 fully saturated rings. The maximum absolute atomic E-state index is 14.7. The Labute approximate surface area is 640 Å². The van der Waals surface area contributed by atoms with Crippen LogP contribution in [0.1, 0.15) is 217 Å². The molecule has 2 amide bonds. The summed E-state index contributed by atoms with van der Waals surface area (Å²) in [4.78, 5) is 58.8. The van der Waals surface area contributed by atoms with Crippen LogP contribution in [0.3, 0.4) is 0 Å². The Morgan fingerprint density at radius 1 is 0.495 bits per heavy atom. The molecule has 10 rings (SSSR count). The minimum absolute atomic E-state index is 0. The van der Waals surface area contributed by atoms with Crippen molar-refractivity contribution in [2.75, 3.05) is 37.6 Å². The molecular formula is C80H107Cl2F4N9O10P2. The number of nitrogens with zero attached hydrogens (tertiary/aromatic N) is 7. The van der Waals surface area contributed by atoms with Gasteiger partial charge in [0.15, 0.2) is 23.3 Å². The van der Waals surface area contributed by atoms with Crippen molar-refractivity contribution in [1.29, 1.82) is 0 Å². The Bertz CT molecular complexity index is 4350. The van der Waals surface area contributed by atoms with Crippen LogP contribution in [0.2, 0.25) is 0 Å². The summed E-state index contributed by atoms with van der Waals surface area (Å²) in [5, 5.41) is 0.856. The van der Waals surface area contributed by atoms with Crippen molar-refractivity contribution in [2.24, 2.45) is 0 Å². The van der Waals surface area contributed by atoms with E-state index in [-0.39, 0.29) is 64.5 Å². The van der Waals surface area contributed by atoms with Gasteiger partial charge in [0.2, 0.25) is 11.9 Å². The van der Waals surface area contributed by atoms with E-state index in [2.05, 4.69) is 47.6 Å². The van der Waals surface area contributed by atoms with Crippen molar-refractivity contribution >= 4 is 85.2 Å². The van der Waals surface area contributed by atoms with Crippen LogP contribution in [0, 0.1) is 23.3 Å². The van der Waals surface area contributed by atoms with Crippen molar-refractivity contribution < 1.29 is 68.3 Å². The molecule has 0 radical (unpaired) electrons. The number of nitrogen functional groups attached to an aromatic ring is 2. The molecule has 2 aromatic heterocycles. The van der Waals surface area contributed by atoms with Crippen LogP contribution in [-0.4, -0.2) is 94.6 Å². The number of halogens is 6. The van der Waals surface area contributed by atoms with Gasteiger partial charge in [-0.15, -0.1) is 24.0 Å². The van der Waals surface area contributed by atoms with Crippen LogP contribution in [0.5, 0.6) is 0 Å². The fourth-order valence-corrected chi connectivity index (χ4v) is 15.8. The highest BCUT2D eigenvalue weighted by Gasteiger charge is 2.38. The van der Waals surface area contributed by atoms with Gasteiger partial charge in [0.1, 0.15) is 11.4 Å². The molecule has 0 saturated carbocycles. The Kier molecular flexibility index (Phi) is 31.7. The number of phosphoric ester groups is 2.